The van der Waals surface area contributed by atoms with Crippen LogP contribution in [0.4, 0.5) is 11.4 Å². The zero-order valence-corrected chi connectivity index (χ0v) is 19.7. The highest BCUT2D eigenvalue weighted by Crippen LogP contribution is 2.44. The van der Waals surface area contributed by atoms with Crippen molar-refractivity contribution in [2.45, 2.75) is 43.4 Å². The Bertz CT molecular complexity index is 964. The topological polar surface area (TPSA) is 23.6 Å². The summed E-state index contributed by atoms with van der Waals surface area (Å²) in [6.45, 7) is 6.49. The molecule has 29 heavy (non-hydrogen) atoms. The van der Waals surface area contributed by atoms with Crippen LogP contribution in [-0.2, 0) is 0 Å². The maximum Gasteiger partial charge on any atom is 0.178 e. The number of para-hydroxylation sites is 2. The Kier molecular flexibility index (Phi) is 6.02. The minimum atomic E-state index is -0.228. The number of carbonyl (C=O) groups excluding carboxylic acids is 1. The lowest BCUT2D eigenvalue weighted by Crippen LogP contribution is -2.39. The Balaban J connectivity index is 1.68. The van der Waals surface area contributed by atoms with Gasteiger partial charge >= 0.3 is 0 Å². The molecular weight excluding hydrogens is 437 g/mol. The molecule has 0 saturated carbocycles. The molecule has 4 rings (SSSR count). The first-order valence-corrected chi connectivity index (χ1v) is 12.2. The predicted octanol–water partition coefficient (Wildman–Crippen LogP) is 5.78. The Morgan fingerprint density at radius 3 is 1.86 bits per heavy atom. The third-order valence-corrected chi connectivity index (χ3v) is 8.95. The number of Topliss-reactive ketones (excluding diaryl/α,β-unsaturated/α-hetero) is 1. The van der Waals surface area contributed by atoms with Gasteiger partial charge < -0.3 is 9.80 Å². The number of nitrogens with zero attached hydrogens (tertiary/aromatic N) is 2. The van der Waals surface area contributed by atoms with Crippen molar-refractivity contribution in [2.75, 3.05) is 9.80 Å². The monoisotopic (exact) mass is 458 g/mol. The molecule has 0 spiro atoms. The van der Waals surface area contributed by atoms with Crippen LogP contribution < -0.4 is 9.80 Å². The van der Waals surface area contributed by atoms with Crippen molar-refractivity contribution in [1.29, 1.82) is 0 Å². The molecule has 2 aromatic rings. The Hall–Kier alpha value is -1.41. The van der Waals surface area contributed by atoms with Crippen LogP contribution in [0.3, 0.4) is 0 Å². The number of thioether (sulfide) groups is 2. The lowest BCUT2D eigenvalue weighted by Gasteiger charge is -2.32. The highest BCUT2D eigenvalue weighted by molar-refractivity contribution is 8.24. The molecule has 2 heterocycles. The summed E-state index contributed by atoms with van der Waals surface area (Å²) in [5.74, 6) is 0.125. The van der Waals surface area contributed by atoms with E-state index in [0.29, 0.717) is 11.3 Å². The van der Waals surface area contributed by atoms with Gasteiger partial charge in [0.05, 0.1) is 22.7 Å². The molecule has 2 saturated heterocycles. The van der Waals surface area contributed by atoms with Crippen molar-refractivity contribution in [2.24, 2.45) is 0 Å². The molecule has 4 unspecified atom stereocenters. The van der Waals surface area contributed by atoms with Crippen LogP contribution in [0.5, 0.6) is 0 Å². The SMILES string of the molecule is CC1SC(=S)N(c2ccccc2N2C(=S)SC(C(=O)c3ccccc3)C2C)C1C. The lowest BCUT2D eigenvalue weighted by molar-refractivity contribution is 0.0985. The molecule has 2 aliphatic heterocycles. The number of benzene rings is 2. The van der Waals surface area contributed by atoms with Gasteiger partial charge in [-0.15, -0.1) is 0 Å². The molecule has 3 nitrogen and oxygen atoms in total. The van der Waals surface area contributed by atoms with E-state index in [1.54, 1.807) is 11.8 Å². The minimum Gasteiger partial charge on any atom is -0.322 e. The molecule has 0 bridgehead atoms. The van der Waals surface area contributed by atoms with E-state index in [1.807, 2.05) is 42.5 Å². The average Bonchev–Trinajstić information content (AvgIpc) is 3.16. The summed E-state index contributed by atoms with van der Waals surface area (Å²) >= 11 is 14.6. The van der Waals surface area contributed by atoms with Gasteiger partial charge in [-0.3, -0.25) is 4.79 Å². The van der Waals surface area contributed by atoms with Crippen LogP contribution in [0, 0.1) is 0 Å². The summed E-state index contributed by atoms with van der Waals surface area (Å²) < 4.78 is 1.62. The largest absolute Gasteiger partial charge is 0.322 e. The molecule has 7 heteroatoms. The van der Waals surface area contributed by atoms with Crippen molar-refractivity contribution in [3.63, 3.8) is 0 Å². The molecule has 150 valence electrons. The third-order valence-electron chi connectivity index (χ3n) is 5.56. The van der Waals surface area contributed by atoms with E-state index in [0.717, 1.165) is 25.6 Å². The van der Waals surface area contributed by atoms with E-state index in [1.165, 1.54) is 11.8 Å². The van der Waals surface area contributed by atoms with Crippen molar-refractivity contribution in [3.8, 4) is 0 Å². The first kappa shape index (κ1) is 20.8. The van der Waals surface area contributed by atoms with Crippen molar-refractivity contribution in [1.82, 2.24) is 0 Å². The van der Waals surface area contributed by atoms with Gasteiger partial charge in [-0.2, -0.15) is 0 Å². The van der Waals surface area contributed by atoms with Gasteiger partial charge in [-0.1, -0.05) is 97.3 Å². The molecule has 2 aromatic carbocycles. The van der Waals surface area contributed by atoms with Crippen LogP contribution in [0.2, 0.25) is 0 Å². The van der Waals surface area contributed by atoms with Gasteiger partial charge in [0.1, 0.15) is 8.64 Å². The van der Waals surface area contributed by atoms with Crippen LogP contribution >= 0.6 is 48.0 Å². The van der Waals surface area contributed by atoms with E-state index >= 15 is 0 Å². The molecule has 2 aliphatic rings. The summed E-state index contributed by atoms with van der Waals surface area (Å²) in [6.07, 6.45) is 0. The normalized spacial score (nSPS) is 27.0. The van der Waals surface area contributed by atoms with Crippen LogP contribution in [0.1, 0.15) is 31.1 Å². The van der Waals surface area contributed by atoms with E-state index in [-0.39, 0.29) is 17.1 Å². The van der Waals surface area contributed by atoms with Crippen molar-refractivity contribution >= 4 is 73.8 Å². The zero-order chi connectivity index (χ0) is 20.7. The number of hydrogen-bond donors (Lipinski definition) is 0. The van der Waals surface area contributed by atoms with Gasteiger partial charge in [-0.05, 0) is 26.0 Å². The fourth-order valence-electron chi connectivity index (χ4n) is 3.80. The number of thiocarbonyl (C=S) groups is 2. The molecule has 4 atom stereocenters. The fourth-order valence-corrected chi connectivity index (χ4v) is 7.27. The first-order chi connectivity index (χ1) is 13.9. The smallest absolute Gasteiger partial charge is 0.178 e. The second-order valence-corrected chi connectivity index (χ2v) is 11.1. The standard InChI is InChI=1S/C22H22N2OS4/c1-13-15(3)28-21(26)23(13)17-11-7-8-12-18(17)24-14(2)20(29-22(24)27)19(25)16-9-5-4-6-10-16/h4-15,20H,1-3H3. The molecule has 0 aromatic heterocycles. The van der Waals surface area contributed by atoms with Crippen LogP contribution in [0.25, 0.3) is 0 Å². The van der Waals surface area contributed by atoms with Gasteiger partial charge in [-0.25, -0.2) is 0 Å². The summed E-state index contributed by atoms with van der Waals surface area (Å²) in [5, 5.41) is 0.203. The van der Waals surface area contributed by atoms with E-state index in [9.17, 15) is 4.79 Å². The highest BCUT2D eigenvalue weighted by atomic mass is 32.2. The lowest BCUT2D eigenvalue weighted by atomic mass is 10.0. The first-order valence-electron chi connectivity index (χ1n) is 9.58. The number of anilines is 2. The number of ketones is 1. The number of hydrogen-bond acceptors (Lipinski definition) is 5. The summed E-state index contributed by atoms with van der Waals surface area (Å²) in [7, 11) is 0. The quantitative estimate of drug-likeness (QED) is 0.423. The molecule has 0 amide bonds. The van der Waals surface area contributed by atoms with Crippen molar-refractivity contribution < 1.29 is 4.79 Å². The van der Waals surface area contributed by atoms with Crippen molar-refractivity contribution in [3.05, 3.63) is 60.2 Å². The fraction of sp³-hybridized carbons (Fsp3) is 0.318. The number of carbonyl (C=O) groups is 1. The van der Waals surface area contributed by atoms with Gasteiger partial charge in [0.25, 0.3) is 0 Å². The predicted molar refractivity (Wildman–Crippen MR) is 135 cm³/mol. The van der Waals surface area contributed by atoms with E-state index in [4.69, 9.17) is 24.4 Å². The second-order valence-electron chi connectivity index (χ2n) is 7.33. The maximum atomic E-state index is 13.1. The zero-order valence-electron chi connectivity index (χ0n) is 16.4. The molecule has 0 aliphatic carbocycles. The summed E-state index contributed by atoms with van der Waals surface area (Å²) in [6, 6.07) is 18.0. The van der Waals surface area contributed by atoms with Crippen LogP contribution in [-0.4, -0.2) is 37.0 Å². The Morgan fingerprint density at radius 2 is 1.31 bits per heavy atom. The van der Waals surface area contributed by atoms with E-state index in [2.05, 4.69) is 42.7 Å². The Morgan fingerprint density at radius 1 is 0.793 bits per heavy atom. The third kappa shape index (κ3) is 3.74. The molecular formula is C22H22N2OS4. The van der Waals surface area contributed by atoms with Gasteiger partial charge in [0, 0.05) is 16.9 Å². The molecule has 0 N–H and O–H groups in total. The van der Waals surface area contributed by atoms with Crippen LogP contribution in [0.15, 0.2) is 54.6 Å². The Labute approximate surface area is 191 Å². The van der Waals surface area contributed by atoms with Gasteiger partial charge in [0.2, 0.25) is 0 Å². The minimum absolute atomic E-state index is 0.0436. The second kappa shape index (κ2) is 8.38. The summed E-state index contributed by atoms with van der Waals surface area (Å²) in [4.78, 5) is 17.5. The van der Waals surface area contributed by atoms with Gasteiger partial charge in [0.15, 0.2) is 5.78 Å². The molecule has 0 radical (unpaired) electrons. The highest BCUT2D eigenvalue weighted by Gasteiger charge is 2.43. The number of rotatable bonds is 4. The van der Waals surface area contributed by atoms with E-state index < -0.39 is 0 Å². The molecule has 2 fully saturated rings. The maximum absolute atomic E-state index is 13.1. The summed E-state index contributed by atoms with van der Waals surface area (Å²) in [5.41, 5.74) is 2.81. The average molecular weight is 459 g/mol.